The van der Waals surface area contributed by atoms with Crippen molar-refractivity contribution in [3.63, 3.8) is 0 Å². The van der Waals surface area contributed by atoms with Gasteiger partial charge in [-0.05, 0) is 42.7 Å². The Labute approximate surface area is 134 Å². The number of hydrogen-bond donors (Lipinski definition) is 1. The minimum Gasteiger partial charge on any atom is -0.484 e. The van der Waals surface area contributed by atoms with E-state index in [2.05, 4.69) is 0 Å². The zero-order valence-corrected chi connectivity index (χ0v) is 12.9. The molecule has 2 aromatic carbocycles. The summed E-state index contributed by atoms with van der Waals surface area (Å²) < 4.78 is 5.58. The first-order chi connectivity index (χ1) is 11.1. The van der Waals surface area contributed by atoms with Gasteiger partial charge in [-0.25, -0.2) is 4.79 Å². The van der Waals surface area contributed by atoms with Crippen LogP contribution in [0.3, 0.4) is 0 Å². The molecule has 1 aliphatic rings. The van der Waals surface area contributed by atoms with E-state index in [1.807, 2.05) is 42.5 Å². The highest BCUT2D eigenvalue weighted by atomic mass is 16.5. The molecule has 0 radical (unpaired) electrons. The summed E-state index contributed by atoms with van der Waals surface area (Å²) in [5.41, 5.74) is 0. The van der Waals surface area contributed by atoms with Gasteiger partial charge in [0.25, 0.3) is 5.91 Å². The van der Waals surface area contributed by atoms with Gasteiger partial charge >= 0.3 is 5.97 Å². The molecular formula is C18H19NO4. The lowest BCUT2D eigenvalue weighted by molar-refractivity contribution is -0.150. The van der Waals surface area contributed by atoms with Gasteiger partial charge < -0.3 is 14.7 Å². The van der Waals surface area contributed by atoms with Crippen molar-refractivity contribution in [3.05, 3.63) is 42.5 Å². The maximum atomic E-state index is 12.3. The summed E-state index contributed by atoms with van der Waals surface area (Å²) in [6.07, 6.45) is 1.72. The predicted molar refractivity (Wildman–Crippen MR) is 86.4 cm³/mol. The minimum absolute atomic E-state index is 0.0359. The van der Waals surface area contributed by atoms with E-state index in [1.54, 1.807) is 0 Å². The third-order valence-electron chi connectivity index (χ3n) is 4.09. The van der Waals surface area contributed by atoms with Gasteiger partial charge in [-0.2, -0.15) is 0 Å². The summed E-state index contributed by atoms with van der Waals surface area (Å²) in [5.74, 6) is -0.665. The number of benzene rings is 2. The number of fused-ring (bicyclic) bond motifs is 1. The third-order valence-corrected chi connectivity index (χ3v) is 4.09. The van der Waals surface area contributed by atoms with Crippen LogP contribution in [0.5, 0.6) is 5.75 Å². The van der Waals surface area contributed by atoms with Crippen molar-refractivity contribution >= 4 is 22.6 Å². The molecule has 0 spiro atoms. The Bertz CT molecular complexity index is 739. The lowest BCUT2D eigenvalue weighted by atomic mass is 10.1. The molecule has 0 saturated heterocycles. The Balaban J connectivity index is 1.68. The average molecular weight is 313 g/mol. The highest BCUT2D eigenvalue weighted by Crippen LogP contribution is 2.29. The summed E-state index contributed by atoms with van der Waals surface area (Å²) in [7, 11) is 0. The van der Waals surface area contributed by atoms with E-state index in [0.717, 1.165) is 23.6 Å². The van der Waals surface area contributed by atoms with Crippen LogP contribution >= 0.6 is 0 Å². The SMILES string of the molecule is CC(C(=O)O)N(C(=O)COc1ccc2ccccc2c1)C1CC1. The van der Waals surface area contributed by atoms with Gasteiger partial charge in [0.2, 0.25) is 0 Å². The number of carbonyl (C=O) groups excluding carboxylic acids is 1. The number of amides is 1. The Morgan fingerprint density at radius 1 is 1.22 bits per heavy atom. The standard InChI is InChI=1S/C18H19NO4/c1-12(18(21)22)19(15-7-8-15)17(20)11-23-16-9-6-13-4-2-3-5-14(13)10-16/h2-6,9-10,12,15H,7-8,11H2,1H3,(H,21,22). The van der Waals surface area contributed by atoms with Crippen LogP contribution in [0.25, 0.3) is 10.8 Å². The molecule has 0 aliphatic heterocycles. The number of nitrogens with zero attached hydrogens (tertiary/aromatic N) is 1. The number of carboxylic acid groups (broad SMARTS) is 1. The number of rotatable bonds is 6. The smallest absolute Gasteiger partial charge is 0.326 e. The van der Waals surface area contributed by atoms with Crippen LogP contribution in [0.1, 0.15) is 19.8 Å². The Morgan fingerprint density at radius 2 is 1.91 bits per heavy atom. The lowest BCUT2D eigenvalue weighted by Gasteiger charge is -2.26. The van der Waals surface area contributed by atoms with Gasteiger partial charge in [0.05, 0.1) is 0 Å². The molecule has 2 aromatic rings. The zero-order valence-electron chi connectivity index (χ0n) is 12.9. The molecule has 5 nitrogen and oxygen atoms in total. The fraction of sp³-hybridized carbons (Fsp3) is 0.333. The number of carboxylic acids is 1. The zero-order chi connectivity index (χ0) is 16.4. The third kappa shape index (κ3) is 3.44. The van der Waals surface area contributed by atoms with Gasteiger partial charge in [0, 0.05) is 6.04 Å². The van der Waals surface area contributed by atoms with E-state index in [4.69, 9.17) is 9.84 Å². The van der Waals surface area contributed by atoms with E-state index in [1.165, 1.54) is 11.8 Å². The van der Waals surface area contributed by atoms with Crippen LogP contribution < -0.4 is 4.74 Å². The maximum Gasteiger partial charge on any atom is 0.326 e. The minimum atomic E-state index is -0.990. The predicted octanol–water partition coefficient (Wildman–Crippen LogP) is 2.68. The largest absolute Gasteiger partial charge is 0.484 e. The van der Waals surface area contributed by atoms with E-state index in [0.29, 0.717) is 5.75 Å². The molecule has 1 saturated carbocycles. The molecule has 1 aliphatic carbocycles. The molecule has 1 amide bonds. The van der Waals surface area contributed by atoms with E-state index in [9.17, 15) is 9.59 Å². The summed E-state index contributed by atoms with van der Waals surface area (Å²) in [6, 6.07) is 12.7. The van der Waals surface area contributed by atoms with Crippen molar-refractivity contribution in [2.24, 2.45) is 0 Å². The normalized spacial score (nSPS) is 15.2. The highest BCUT2D eigenvalue weighted by Gasteiger charge is 2.38. The van der Waals surface area contributed by atoms with Crippen molar-refractivity contribution in [3.8, 4) is 5.75 Å². The number of carbonyl (C=O) groups is 2. The first-order valence-corrected chi connectivity index (χ1v) is 7.72. The molecule has 3 rings (SSSR count). The van der Waals surface area contributed by atoms with E-state index in [-0.39, 0.29) is 18.6 Å². The fourth-order valence-electron chi connectivity index (χ4n) is 2.68. The average Bonchev–Trinajstić information content (AvgIpc) is 3.37. The maximum absolute atomic E-state index is 12.3. The Kier molecular flexibility index (Phi) is 4.19. The number of aliphatic carboxylic acids is 1. The quantitative estimate of drug-likeness (QED) is 0.890. The highest BCUT2D eigenvalue weighted by molar-refractivity contribution is 5.86. The second kappa shape index (κ2) is 6.28. The van der Waals surface area contributed by atoms with Crippen molar-refractivity contribution in [1.29, 1.82) is 0 Å². The van der Waals surface area contributed by atoms with E-state index >= 15 is 0 Å². The first kappa shape index (κ1) is 15.3. The first-order valence-electron chi connectivity index (χ1n) is 7.72. The molecular weight excluding hydrogens is 294 g/mol. The second-order valence-corrected chi connectivity index (χ2v) is 5.84. The van der Waals surface area contributed by atoms with Gasteiger partial charge in [0.1, 0.15) is 11.8 Å². The topological polar surface area (TPSA) is 66.8 Å². The summed E-state index contributed by atoms with van der Waals surface area (Å²) in [5, 5.41) is 11.3. The lowest BCUT2D eigenvalue weighted by Crippen LogP contribution is -2.46. The van der Waals surface area contributed by atoms with Gasteiger partial charge in [-0.1, -0.05) is 30.3 Å². The molecule has 0 heterocycles. The Hall–Kier alpha value is -2.56. The summed E-state index contributed by atoms with van der Waals surface area (Å²) in [6.45, 7) is 1.39. The Morgan fingerprint density at radius 3 is 2.57 bits per heavy atom. The number of ether oxygens (including phenoxy) is 1. The molecule has 0 aromatic heterocycles. The van der Waals surface area contributed by atoms with Crippen LogP contribution in [0, 0.1) is 0 Å². The summed E-state index contributed by atoms with van der Waals surface area (Å²) in [4.78, 5) is 24.9. The van der Waals surface area contributed by atoms with Crippen molar-refractivity contribution in [1.82, 2.24) is 4.90 Å². The van der Waals surface area contributed by atoms with Crippen molar-refractivity contribution in [2.75, 3.05) is 6.61 Å². The molecule has 1 fully saturated rings. The molecule has 0 bridgehead atoms. The monoisotopic (exact) mass is 313 g/mol. The van der Waals surface area contributed by atoms with Crippen LogP contribution in [0.2, 0.25) is 0 Å². The molecule has 120 valence electrons. The van der Waals surface area contributed by atoms with Crippen LogP contribution in [-0.2, 0) is 9.59 Å². The fourth-order valence-corrected chi connectivity index (χ4v) is 2.68. The number of hydrogen-bond acceptors (Lipinski definition) is 3. The molecule has 23 heavy (non-hydrogen) atoms. The van der Waals surface area contributed by atoms with Crippen molar-refractivity contribution in [2.45, 2.75) is 31.8 Å². The summed E-state index contributed by atoms with van der Waals surface area (Å²) >= 11 is 0. The van der Waals surface area contributed by atoms with Crippen molar-refractivity contribution < 1.29 is 19.4 Å². The molecule has 1 N–H and O–H groups in total. The van der Waals surface area contributed by atoms with Crippen LogP contribution in [0.15, 0.2) is 42.5 Å². The molecule has 1 atom stereocenters. The van der Waals surface area contributed by atoms with Gasteiger partial charge in [0.15, 0.2) is 6.61 Å². The van der Waals surface area contributed by atoms with Crippen LogP contribution in [0.4, 0.5) is 0 Å². The van der Waals surface area contributed by atoms with Gasteiger partial charge in [-0.3, -0.25) is 4.79 Å². The van der Waals surface area contributed by atoms with Gasteiger partial charge in [-0.15, -0.1) is 0 Å². The molecule has 1 unspecified atom stereocenters. The second-order valence-electron chi connectivity index (χ2n) is 5.84. The van der Waals surface area contributed by atoms with Crippen LogP contribution in [-0.4, -0.2) is 40.6 Å². The molecule has 5 heteroatoms. The van der Waals surface area contributed by atoms with E-state index < -0.39 is 12.0 Å².